The smallest absolute Gasteiger partial charge is 0.305 e. The Hall–Kier alpha value is -4.37. The summed E-state index contributed by atoms with van der Waals surface area (Å²) < 4.78 is 6.60. The molecule has 0 unspecified atom stereocenters. The lowest BCUT2D eigenvalue weighted by Crippen LogP contribution is -2.40. The molecule has 1 amide bonds. The molecule has 3 rings (SSSR count). The molecule has 13 heteroatoms. The van der Waals surface area contributed by atoms with Gasteiger partial charge >= 0.3 is 5.97 Å². The average Bonchev–Trinajstić information content (AvgIpc) is 3.44. The Balaban J connectivity index is 2.11. The average molecular weight is 706 g/mol. The number of carbonyl (C=O) groups is 2. The van der Waals surface area contributed by atoms with Crippen molar-refractivity contribution in [1.82, 2.24) is 19.7 Å². The molecule has 0 spiro atoms. The molecule has 2 heterocycles. The zero-order chi connectivity index (χ0) is 36.9. The van der Waals surface area contributed by atoms with Gasteiger partial charge in [0.1, 0.15) is 22.5 Å². The summed E-state index contributed by atoms with van der Waals surface area (Å²) in [5.74, 6) is 0.294. The largest absolute Gasteiger partial charge is 0.466 e. The third-order valence-electron chi connectivity index (χ3n) is 8.07. The number of rotatable bonds is 18. The highest BCUT2D eigenvalue weighted by molar-refractivity contribution is 6.29. The Kier molecular flexibility index (Phi) is 14.9. The van der Waals surface area contributed by atoms with Crippen LogP contribution in [-0.4, -0.2) is 57.4 Å². The van der Waals surface area contributed by atoms with Crippen LogP contribution in [0.1, 0.15) is 118 Å². The van der Waals surface area contributed by atoms with Gasteiger partial charge in [-0.05, 0) is 58.7 Å². The maximum atomic E-state index is 12.7. The number of esters is 1. The molecule has 0 radical (unpaired) electrons. The van der Waals surface area contributed by atoms with E-state index in [9.17, 15) is 14.9 Å². The molecular formula is C37H52ClN9O3. The van der Waals surface area contributed by atoms with Crippen molar-refractivity contribution in [3.8, 4) is 11.9 Å². The normalized spacial score (nSPS) is 11.8. The van der Waals surface area contributed by atoms with E-state index in [4.69, 9.17) is 21.4 Å². The number of hydrogen-bond donors (Lipinski definition) is 0. The molecule has 0 aliphatic heterocycles. The number of halogens is 1. The Bertz CT molecular complexity index is 1630. The zero-order valence-corrected chi connectivity index (χ0v) is 31.6. The van der Waals surface area contributed by atoms with Crippen molar-refractivity contribution >= 4 is 46.9 Å². The van der Waals surface area contributed by atoms with E-state index < -0.39 is 11.0 Å². The van der Waals surface area contributed by atoms with Crippen LogP contribution in [-0.2, 0) is 19.7 Å². The third kappa shape index (κ3) is 11.1. The minimum Gasteiger partial charge on any atom is -0.466 e. The molecule has 1 aromatic carbocycles. The fourth-order valence-corrected chi connectivity index (χ4v) is 5.57. The quantitative estimate of drug-likeness (QED) is 0.0552. The lowest BCUT2D eigenvalue weighted by molar-refractivity contribution is -0.143. The van der Waals surface area contributed by atoms with Gasteiger partial charge in [0.2, 0.25) is 6.41 Å². The monoisotopic (exact) mass is 705 g/mol. The fourth-order valence-electron chi connectivity index (χ4n) is 5.47. The van der Waals surface area contributed by atoms with E-state index in [0.29, 0.717) is 48.9 Å². The molecule has 0 bridgehead atoms. The zero-order valence-electron chi connectivity index (χ0n) is 30.9. The van der Waals surface area contributed by atoms with E-state index in [1.54, 1.807) is 11.8 Å². The van der Waals surface area contributed by atoms with Crippen LogP contribution in [0.15, 0.2) is 40.8 Å². The summed E-state index contributed by atoms with van der Waals surface area (Å²) >= 11 is 6.00. The van der Waals surface area contributed by atoms with Gasteiger partial charge in [-0.15, -0.1) is 10.2 Å². The molecular weight excluding hydrogens is 654 g/mol. The maximum Gasteiger partial charge on any atom is 0.305 e. The standard InChI is InChI=1S/C37H52ClN9O3/c1-9-11-12-13-14-15-20-45(21-16-17-33(49)50-10-2)27-18-19-29(30(22-27)46(26-48)37(6,7)8)42-43-35-28(23-39)34(36(3,4)5)44-47(35)32-25-40-31(38)24-41-32/h18-19,22,24-26H,9-17,20-21H2,1-8H3/b43-42+. The summed E-state index contributed by atoms with van der Waals surface area (Å²) in [5, 5.41) is 24.4. The van der Waals surface area contributed by atoms with Crippen LogP contribution < -0.4 is 9.80 Å². The topological polar surface area (TPSA) is 142 Å². The number of unbranched alkanes of at least 4 members (excludes halogenated alkanes) is 5. The molecule has 3 aromatic rings. The molecule has 270 valence electrons. The summed E-state index contributed by atoms with van der Waals surface area (Å²) in [7, 11) is 0. The van der Waals surface area contributed by atoms with Crippen LogP contribution in [0.4, 0.5) is 22.9 Å². The first-order chi connectivity index (χ1) is 23.7. The van der Waals surface area contributed by atoms with Gasteiger partial charge in [-0.25, -0.2) is 9.97 Å². The number of benzene rings is 1. The van der Waals surface area contributed by atoms with E-state index in [2.05, 4.69) is 38.1 Å². The number of nitriles is 1. The van der Waals surface area contributed by atoms with Crippen molar-refractivity contribution in [2.45, 2.75) is 118 Å². The van der Waals surface area contributed by atoms with Gasteiger partial charge in [-0.1, -0.05) is 71.4 Å². The van der Waals surface area contributed by atoms with Gasteiger partial charge in [-0.3, -0.25) is 9.59 Å². The van der Waals surface area contributed by atoms with E-state index in [0.717, 1.165) is 31.5 Å². The van der Waals surface area contributed by atoms with Crippen molar-refractivity contribution in [2.75, 3.05) is 29.5 Å². The Morgan fingerprint density at radius 2 is 1.70 bits per heavy atom. The van der Waals surface area contributed by atoms with Crippen LogP contribution in [0.5, 0.6) is 0 Å². The molecule has 0 aliphatic carbocycles. The first-order valence-electron chi connectivity index (χ1n) is 17.5. The van der Waals surface area contributed by atoms with Crippen molar-refractivity contribution < 1.29 is 14.3 Å². The second kappa shape index (κ2) is 18.6. The minimum atomic E-state index is -0.587. The number of aromatic nitrogens is 4. The Morgan fingerprint density at radius 1 is 1.00 bits per heavy atom. The highest BCUT2D eigenvalue weighted by Gasteiger charge is 2.29. The van der Waals surface area contributed by atoms with E-state index in [-0.39, 0.29) is 22.5 Å². The summed E-state index contributed by atoms with van der Waals surface area (Å²) in [6.45, 7) is 17.5. The summed E-state index contributed by atoms with van der Waals surface area (Å²) in [4.78, 5) is 37.2. The first kappa shape index (κ1) is 40.1. The Labute approximate surface area is 301 Å². The molecule has 2 aromatic heterocycles. The number of amides is 1. The van der Waals surface area contributed by atoms with Crippen LogP contribution >= 0.6 is 11.6 Å². The second-order valence-corrected chi connectivity index (χ2v) is 14.6. The minimum absolute atomic E-state index is 0.182. The van der Waals surface area contributed by atoms with Gasteiger partial charge < -0.3 is 14.5 Å². The van der Waals surface area contributed by atoms with Gasteiger partial charge in [-0.2, -0.15) is 15.0 Å². The SMILES string of the molecule is CCCCCCCCN(CCCC(=O)OCC)c1ccc(/N=N/c2c(C#N)c(C(C)(C)C)nn2-c2cnc(Cl)cn2)c(N(C=O)C(C)(C)C)c1. The van der Waals surface area contributed by atoms with E-state index in [1.807, 2.05) is 59.7 Å². The van der Waals surface area contributed by atoms with Crippen molar-refractivity contribution in [3.63, 3.8) is 0 Å². The number of anilines is 2. The second-order valence-electron chi connectivity index (χ2n) is 14.2. The van der Waals surface area contributed by atoms with E-state index >= 15 is 0 Å². The predicted octanol–water partition coefficient (Wildman–Crippen LogP) is 9.17. The lowest BCUT2D eigenvalue weighted by Gasteiger charge is -2.34. The van der Waals surface area contributed by atoms with Crippen molar-refractivity contribution in [2.24, 2.45) is 10.2 Å². The van der Waals surface area contributed by atoms with Gasteiger partial charge in [0.15, 0.2) is 11.6 Å². The van der Waals surface area contributed by atoms with Crippen LogP contribution in [0, 0.1) is 11.3 Å². The summed E-state index contributed by atoms with van der Waals surface area (Å²) in [6, 6.07) is 7.99. The van der Waals surface area contributed by atoms with Gasteiger partial charge in [0, 0.05) is 36.2 Å². The van der Waals surface area contributed by atoms with Crippen molar-refractivity contribution in [3.05, 3.63) is 47.0 Å². The highest BCUT2D eigenvalue weighted by atomic mass is 35.5. The van der Waals surface area contributed by atoms with Crippen LogP contribution in [0.3, 0.4) is 0 Å². The summed E-state index contributed by atoms with van der Waals surface area (Å²) in [6.07, 6.45) is 11.5. The highest BCUT2D eigenvalue weighted by Crippen LogP contribution is 2.39. The molecule has 0 saturated heterocycles. The first-order valence-corrected chi connectivity index (χ1v) is 17.8. The van der Waals surface area contributed by atoms with Crippen LogP contribution in [0.25, 0.3) is 5.82 Å². The maximum absolute atomic E-state index is 12.7. The van der Waals surface area contributed by atoms with Gasteiger partial charge in [0.05, 0.1) is 30.4 Å². The summed E-state index contributed by atoms with van der Waals surface area (Å²) in [5.41, 5.74) is 1.60. The molecule has 12 nitrogen and oxygen atoms in total. The molecule has 0 saturated carbocycles. The third-order valence-corrected chi connectivity index (χ3v) is 8.26. The molecule has 0 N–H and O–H groups in total. The number of azo groups is 1. The Morgan fingerprint density at radius 3 is 2.30 bits per heavy atom. The van der Waals surface area contributed by atoms with E-state index in [1.165, 1.54) is 42.8 Å². The fraction of sp³-hybridized carbons (Fsp3) is 0.568. The molecule has 0 aliphatic rings. The van der Waals surface area contributed by atoms with Crippen molar-refractivity contribution in [1.29, 1.82) is 5.26 Å². The molecule has 0 fully saturated rings. The number of carbonyl (C=O) groups excluding carboxylic acids is 2. The molecule has 0 atom stereocenters. The number of hydrogen-bond acceptors (Lipinski definition) is 10. The number of ether oxygens (including phenoxy) is 1. The van der Waals surface area contributed by atoms with Crippen LogP contribution in [0.2, 0.25) is 5.15 Å². The van der Waals surface area contributed by atoms with Gasteiger partial charge in [0.25, 0.3) is 0 Å². The molecule has 50 heavy (non-hydrogen) atoms. The number of nitrogens with zero attached hydrogens (tertiary/aromatic N) is 9. The lowest BCUT2D eigenvalue weighted by atomic mass is 9.90. The predicted molar refractivity (Wildman–Crippen MR) is 198 cm³/mol.